The van der Waals surface area contributed by atoms with E-state index in [1.807, 2.05) is 0 Å². The number of anilines is 3. The Morgan fingerprint density at radius 2 is 1.32 bits per heavy atom. The third-order valence-corrected chi connectivity index (χ3v) is 6.74. The van der Waals surface area contributed by atoms with E-state index in [9.17, 15) is 16.8 Å². The van der Waals surface area contributed by atoms with Crippen molar-refractivity contribution in [2.45, 2.75) is 23.6 Å². The monoisotopic (exact) mass is 422 g/mol. The van der Waals surface area contributed by atoms with Crippen molar-refractivity contribution < 1.29 is 21.4 Å². The Hall–Kier alpha value is -3.05. The van der Waals surface area contributed by atoms with Crippen LogP contribution in [0.2, 0.25) is 0 Å². The first-order valence-electron chi connectivity index (χ1n) is 8.02. The van der Waals surface area contributed by atoms with E-state index in [0.29, 0.717) is 16.9 Å². The van der Waals surface area contributed by atoms with Crippen molar-refractivity contribution in [2.24, 2.45) is 0 Å². The van der Waals surface area contributed by atoms with Crippen molar-refractivity contribution in [1.82, 2.24) is 5.16 Å². The summed E-state index contributed by atoms with van der Waals surface area (Å²) < 4.78 is 59.3. The summed E-state index contributed by atoms with van der Waals surface area (Å²) in [6, 6.07) is 11.0. The van der Waals surface area contributed by atoms with Crippen molar-refractivity contribution >= 4 is 37.3 Å². The molecule has 11 heteroatoms. The predicted octanol–water partition coefficient (Wildman–Crippen LogP) is 2.48. The number of nitrogen functional groups attached to an aromatic ring is 1. The summed E-state index contributed by atoms with van der Waals surface area (Å²) >= 11 is 0. The van der Waals surface area contributed by atoms with Gasteiger partial charge in [0.25, 0.3) is 20.0 Å². The molecule has 0 aliphatic rings. The number of sulfonamides is 2. The molecule has 0 spiro atoms. The van der Waals surface area contributed by atoms with E-state index in [-0.39, 0.29) is 21.4 Å². The third-order valence-electron chi connectivity index (χ3n) is 3.99. The Morgan fingerprint density at radius 1 is 0.821 bits per heavy atom. The maximum atomic E-state index is 12.5. The summed E-state index contributed by atoms with van der Waals surface area (Å²) in [6.07, 6.45) is 0. The highest BCUT2D eigenvalue weighted by atomic mass is 32.2. The lowest BCUT2D eigenvalue weighted by molar-refractivity contribution is 0.430. The number of aryl methyl sites for hydroxylation is 1. The van der Waals surface area contributed by atoms with Gasteiger partial charge in [0.15, 0.2) is 0 Å². The first-order chi connectivity index (χ1) is 13.1. The molecule has 0 saturated carbocycles. The standard InChI is InChI=1S/C17H18N4O5S2/c1-11-12(2)19-26-17(11)21-28(24,25)16-9-5-14(6-10-16)20-27(22,23)15-7-3-13(18)4-8-15/h3-10,20-21H,18H2,1-2H3. The zero-order chi connectivity index (χ0) is 20.5. The SMILES string of the molecule is Cc1noc(NS(=O)(=O)c2ccc(NS(=O)(=O)c3ccc(N)cc3)cc2)c1C. The molecule has 0 radical (unpaired) electrons. The second-order valence-electron chi connectivity index (χ2n) is 6.03. The third kappa shape index (κ3) is 4.10. The zero-order valence-electron chi connectivity index (χ0n) is 15.0. The first kappa shape index (κ1) is 19.7. The van der Waals surface area contributed by atoms with Crippen LogP contribution < -0.4 is 15.2 Å². The van der Waals surface area contributed by atoms with E-state index in [0.717, 1.165) is 0 Å². The Labute approximate surface area is 162 Å². The molecule has 1 aromatic heterocycles. The molecule has 0 unspecified atom stereocenters. The number of nitrogens with one attached hydrogen (secondary N) is 2. The number of hydrogen-bond acceptors (Lipinski definition) is 7. The summed E-state index contributed by atoms with van der Waals surface area (Å²) in [6.45, 7) is 3.37. The highest BCUT2D eigenvalue weighted by molar-refractivity contribution is 7.93. The molecule has 28 heavy (non-hydrogen) atoms. The summed E-state index contributed by atoms with van der Waals surface area (Å²) in [7, 11) is -7.74. The molecule has 0 saturated heterocycles. The average Bonchev–Trinajstić information content (AvgIpc) is 2.94. The maximum Gasteiger partial charge on any atom is 0.264 e. The van der Waals surface area contributed by atoms with Crippen LogP contribution in [0.3, 0.4) is 0 Å². The van der Waals surface area contributed by atoms with Crippen LogP contribution in [0.25, 0.3) is 0 Å². The smallest absolute Gasteiger partial charge is 0.264 e. The molecular weight excluding hydrogens is 404 g/mol. The van der Waals surface area contributed by atoms with Gasteiger partial charge in [-0.25, -0.2) is 21.6 Å². The van der Waals surface area contributed by atoms with Crippen LogP contribution in [0.15, 0.2) is 62.8 Å². The fourth-order valence-corrected chi connectivity index (χ4v) is 4.36. The summed E-state index contributed by atoms with van der Waals surface area (Å²) in [5, 5.41) is 3.70. The molecule has 2 aromatic carbocycles. The number of nitrogens with two attached hydrogens (primary N) is 1. The molecular formula is C17H18N4O5S2. The van der Waals surface area contributed by atoms with E-state index in [1.165, 1.54) is 48.5 Å². The minimum absolute atomic E-state index is 0.0330. The van der Waals surface area contributed by atoms with Crippen molar-refractivity contribution in [1.29, 1.82) is 0 Å². The van der Waals surface area contributed by atoms with Gasteiger partial charge in [-0.2, -0.15) is 0 Å². The molecule has 1 heterocycles. The highest BCUT2D eigenvalue weighted by Gasteiger charge is 2.20. The lowest BCUT2D eigenvalue weighted by atomic mass is 10.3. The molecule has 0 fully saturated rings. The van der Waals surface area contributed by atoms with Gasteiger partial charge in [-0.1, -0.05) is 5.16 Å². The Morgan fingerprint density at radius 3 is 1.82 bits per heavy atom. The van der Waals surface area contributed by atoms with Crippen molar-refractivity contribution in [2.75, 3.05) is 15.2 Å². The van der Waals surface area contributed by atoms with Crippen molar-refractivity contribution in [3.63, 3.8) is 0 Å². The van der Waals surface area contributed by atoms with Gasteiger partial charge in [0.05, 0.1) is 15.5 Å². The van der Waals surface area contributed by atoms with Crippen LogP contribution >= 0.6 is 0 Å². The van der Waals surface area contributed by atoms with Crippen LogP contribution in [-0.4, -0.2) is 22.0 Å². The molecule has 0 atom stereocenters. The van der Waals surface area contributed by atoms with Crippen molar-refractivity contribution in [3.8, 4) is 0 Å². The van der Waals surface area contributed by atoms with Crippen molar-refractivity contribution in [3.05, 3.63) is 59.8 Å². The van der Waals surface area contributed by atoms with Gasteiger partial charge >= 0.3 is 0 Å². The molecule has 0 amide bonds. The van der Waals surface area contributed by atoms with Gasteiger partial charge < -0.3 is 10.3 Å². The summed E-state index contributed by atoms with van der Waals surface area (Å²) in [4.78, 5) is -0.0207. The van der Waals surface area contributed by atoms with Gasteiger partial charge in [-0.15, -0.1) is 0 Å². The predicted molar refractivity (Wildman–Crippen MR) is 105 cm³/mol. The fourth-order valence-electron chi connectivity index (χ4n) is 2.25. The molecule has 0 aliphatic carbocycles. The zero-order valence-corrected chi connectivity index (χ0v) is 16.6. The van der Waals surface area contributed by atoms with Gasteiger partial charge in [-0.05, 0) is 62.4 Å². The van der Waals surface area contributed by atoms with Crippen LogP contribution in [-0.2, 0) is 20.0 Å². The van der Waals surface area contributed by atoms with Crippen LogP contribution in [0.4, 0.5) is 17.3 Å². The van der Waals surface area contributed by atoms with Crippen LogP contribution in [0, 0.1) is 13.8 Å². The van der Waals surface area contributed by atoms with Gasteiger partial charge in [0.2, 0.25) is 5.88 Å². The largest absolute Gasteiger partial charge is 0.399 e. The molecule has 4 N–H and O–H groups in total. The minimum atomic E-state index is -3.91. The van der Waals surface area contributed by atoms with E-state index < -0.39 is 20.0 Å². The minimum Gasteiger partial charge on any atom is -0.399 e. The summed E-state index contributed by atoms with van der Waals surface area (Å²) in [5.41, 5.74) is 7.36. The van der Waals surface area contributed by atoms with E-state index in [2.05, 4.69) is 14.6 Å². The van der Waals surface area contributed by atoms with Crippen LogP contribution in [0.5, 0.6) is 0 Å². The number of nitrogens with zero attached hydrogens (tertiary/aromatic N) is 1. The topological polar surface area (TPSA) is 144 Å². The number of aromatic nitrogens is 1. The molecule has 3 rings (SSSR count). The number of rotatable bonds is 6. The fraction of sp³-hybridized carbons (Fsp3) is 0.118. The Kier molecular flexibility index (Phi) is 5.04. The van der Waals surface area contributed by atoms with Gasteiger partial charge in [0, 0.05) is 16.9 Å². The Balaban J connectivity index is 1.79. The van der Waals surface area contributed by atoms with E-state index in [4.69, 9.17) is 10.3 Å². The van der Waals surface area contributed by atoms with Gasteiger partial charge in [-0.3, -0.25) is 4.72 Å². The maximum absolute atomic E-state index is 12.5. The van der Waals surface area contributed by atoms with Crippen LogP contribution in [0.1, 0.15) is 11.3 Å². The lowest BCUT2D eigenvalue weighted by Gasteiger charge is -2.10. The lowest BCUT2D eigenvalue weighted by Crippen LogP contribution is -2.14. The van der Waals surface area contributed by atoms with E-state index >= 15 is 0 Å². The molecule has 0 aliphatic heterocycles. The quantitative estimate of drug-likeness (QED) is 0.517. The Bertz CT molecular complexity index is 1200. The highest BCUT2D eigenvalue weighted by Crippen LogP contribution is 2.23. The van der Waals surface area contributed by atoms with E-state index in [1.54, 1.807) is 13.8 Å². The number of benzene rings is 2. The molecule has 0 bridgehead atoms. The summed E-state index contributed by atoms with van der Waals surface area (Å²) in [5.74, 6) is 0.0330. The number of hydrogen-bond donors (Lipinski definition) is 3. The normalized spacial score (nSPS) is 11.9. The molecule has 3 aromatic rings. The average molecular weight is 422 g/mol. The second-order valence-corrected chi connectivity index (χ2v) is 9.39. The second kappa shape index (κ2) is 7.17. The van der Waals surface area contributed by atoms with Gasteiger partial charge in [0.1, 0.15) is 0 Å². The first-order valence-corrected chi connectivity index (χ1v) is 11.0. The molecule has 148 valence electrons. The molecule has 9 nitrogen and oxygen atoms in total.